The quantitative estimate of drug-likeness (QED) is 0.744. The van der Waals surface area contributed by atoms with Crippen LogP contribution in [0.1, 0.15) is 25.6 Å². The SMILES string of the molecule is CCOC(=O)NC(=O)Cn1cc(C(C)O)nn1. The Kier molecular flexibility index (Phi) is 4.58. The van der Waals surface area contributed by atoms with E-state index in [1.807, 2.05) is 5.32 Å². The summed E-state index contributed by atoms with van der Waals surface area (Å²) in [4.78, 5) is 22.2. The smallest absolute Gasteiger partial charge is 0.413 e. The van der Waals surface area contributed by atoms with Crippen molar-refractivity contribution in [3.63, 3.8) is 0 Å². The van der Waals surface area contributed by atoms with Crippen LogP contribution in [-0.2, 0) is 16.1 Å². The monoisotopic (exact) mass is 242 g/mol. The van der Waals surface area contributed by atoms with Crippen molar-refractivity contribution in [2.24, 2.45) is 0 Å². The van der Waals surface area contributed by atoms with Gasteiger partial charge in [-0.05, 0) is 13.8 Å². The van der Waals surface area contributed by atoms with Crippen LogP contribution in [-0.4, -0.2) is 38.7 Å². The first kappa shape index (κ1) is 13.1. The Labute approximate surface area is 97.6 Å². The highest BCUT2D eigenvalue weighted by atomic mass is 16.5. The maximum Gasteiger partial charge on any atom is 0.413 e. The van der Waals surface area contributed by atoms with Gasteiger partial charge in [-0.3, -0.25) is 10.1 Å². The molecule has 1 rings (SSSR count). The van der Waals surface area contributed by atoms with E-state index in [1.165, 1.54) is 17.8 Å². The van der Waals surface area contributed by atoms with Gasteiger partial charge in [0.2, 0.25) is 0 Å². The summed E-state index contributed by atoms with van der Waals surface area (Å²) in [5.74, 6) is -0.564. The molecule has 2 amide bonds. The van der Waals surface area contributed by atoms with E-state index in [1.54, 1.807) is 6.92 Å². The highest BCUT2D eigenvalue weighted by molar-refractivity contribution is 5.91. The number of ether oxygens (including phenoxy) is 1. The van der Waals surface area contributed by atoms with Crippen LogP contribution in [0.25, 0.3) is 0 Å². The average molecular weight is 242 g/mol. The molecule has 17 heavy (non-hydrogen) atoms. The Balaban J connectivity index is 2.47. The summed E-state index contributed by atoms with van der Waals surface area (Å²) in [6.45, 7) is 3.19. The van der Waals surface area contributed by atoms with E-state index in [0.29, 0.717) is 5.69 Å². The molecule has 94 valence electrons. The van der Waals surface area contributed by atoms with Crippen molar-refractivity contribution >= 4 is 12.0 Å². The number of nitrogens with one attached hydrogen (secondary N) is 1. The number of rotatable bonds is 4. The van der Waals surface area contributed by atoms with Gasteiger partial charge in [0.05, 0.1) is 18.9 Å². The van der Waals surface area contributed by atoms with Gasteiger partial charge >= 0.3 is 6.09 Å². The van der Waals surface area contributed by atoms with Gasteiger partial charge in [0.15, 0.2) is 0 Å². The number of aromatic nitrogens is 3. The van der Waals surface area contributed by atoms with E-state index in [0.717, 1.165) is 0 Å². The van der Waals surface area contributed by atoms with Crippen molar-refractivity contribution in [2.45, 2.75) is 26.5 Å². The van der Waals surface area contributed by atoms with Crippen molar-refractivity contribution in [2.75, 3.05) is 6.61 Å². The van der Waals surface area contributed by atoms with E-state index < -0.39 is 18.1 Å². The number of carbonyl (C=O) groups is 2. The Hall–Kier alpha value is -1.96. The molecule has 0 fully saturated rings. The van der Waals surface area contributed by atoms with E-state index in [2.05, 4.69) is 15.0 Å². The van der Waals surface area contributed by atoms with Gasteiger partial charge in [0.1, 0.15) is 12.2 Å². The van der Waals surface area contributed by atoms with Gasteiger partial charge in [0.25, 0.3) is 5.91 Å². The van der Waals surface area contributed by atoms with Crippen LogP contribution in [0, 0.1) is 0 Å². The molecule has 2 N–H and O–H groups in total. The number of alkyl carbamates (subject to hydrolysis) is 1. The molecule has 1 unspecified atom stereocenters. The first-order valence-electron chi connectivity index (χ1n) is 5.07. The average Bonchev–Trinajstić information content (AvgIpc) is 2.66. The summed E-state index contributed by atoms with van der Waals surface area (Å²) >= 11 is 0. The maximum atomic E-state index is 11.3. The van der Waals surface area contributed by atoms with Gasteiger partial charge < -0.3 is 9.84 Å². The number of aliphatic hydroxyl groups is 1. The lowest BCUT2D eigenvalue weighted by Crippen LogP contribution is -2.33. The number of aliphatic hydroxyl groups excluding tert-OH is 1. The lowest BCUT2D eigenvalue weighted by molar-refractivity contribution is -0.121. The molecule has 1 aromatic heterocycles. The van der Waals surface area contributed by atoms with Crippen molar-refractivity contribution in [1.82, 2.24) is 20.3 Å². The number of imide groups is 1. The highest BCUT2D eigenvalue weighted by Gasteiger charge is 2.11. The number of nitrogens with zero attached hydrogens (tertiary/aromatic N) is 3. The van der Waals surface area contributed by atoms with Crippen LogP contribution in [0.4, 0.5) is 4.79 Å². The van der Waals surface area contributed by atoms with Crippen molar-refractivity contribution in [3.8, 4) is 0 Å². The van der Waals surface area contributed by atoms with Gasteiger partial charge in [-0.1, -0.05) is 5.21 Å². The molecule has 0 saturated carbocycles. The third-order valence-electron chi connectivity index (χ3n) is 1.81. The van der Waals surface area contributed by atoms with E-state index >= 15 is 0 Å². The second-order valence-corrected chi connectivity index (χ2v) is 3.29. The Morgan fingerprint density at radius 3 is 2.88 bits per heavy atom. The lowest BCUT2D eigenvalue weighted by Gasteiger charge is -2.03. The summed E-state index contributed by atoms with van der Waals surface area (Å²) in [6.07, 6.45) is -0.125. The molecule has 1 aromatic rings. The summed E-state index contributed by atoms with van der Waals surface area (Å²) in [5, 5.41) is 18.5. The van der Waals surface area contributed by atoms with Crippen LogP contribution in [0.15, 0.2) is 6.20 Å². The molecule has 0 radical (unpaired) electrons. The Bertz CT molecular complexity index is 401. The summed E-state index contributed by atoms with van der Waals surface area (Å²) in [7, 11) is 0. The fourth-order valence-corrected chi connectivity index (χ4v) is 1.05. The summed E-state index contributed by atoms with van der Waals surface area (Å²) in [6, 6.07) is 0. The molecule has 0 bridgehead atoms. The zero-order chi connectivity index (χ0) is 12.8. The van der Waals surface area contributed by atoms with Crippen molar-refractivity contribution in [3.05, 3.63) is 11.9 Å². The van der Waals surface area contributed by atoms with Crippen LogP contribution < -0.4 is 5.32 Å². The third-order valence-corrected chi connectivity index (χ3v) is 1.81. The summed E-state index contributed by atoms with van der Waals surface area (Å²) in [5.41, 5.74) is 0.355. The van der Waals surface area contributed by atoms with Crippen molar-refractivity contribution in [1.29, 1.82) is 0 Å². The molecule has 0 aromatic carbocycles. The van der Waals surface area contributed by atoms with Crippen LogP contribution in [0.3, 0.4) is 0 Å². The molecular weight excluding hydrogens is 228 g/mol. The molecule has 0 aliphatic rings. The predicted molar refractivity (Wildman–Crippen MR) is 55.8 cm³/mol. The molecular formula is C9H14N4O4. The van der Waals surface area contributed by atoms with E-state index in [4.69, 9.17) is 0 Å². The van der Waals surface area contributed by atoms with Gasteiger partial charge in [-0.25, -0.2) is 9.48 Å². The predicted octanol–water partition coefficient (Wildman–Crippen LogP) is -0.396. The third kappa shape index (κ3) is 4.19. The number of amides is 2. The normalized spacial score (nSPS) is 11.9. The van der Waals surface area contributed by atoms with E-state index in [9.17, 15) is 14.7 Å². The molecule has 1 atom stereocenters. The Morgan fingerprint density at radius 2 is 2.35 bits per heavy atom. The first-order chi connectivity index (χ1) is 8.02. The van der Waals surface area contributed by atoms with Gasteiger partial charge in [-0.2, -0.15) is 0 Å². The fraction of sp³-hybridized carbons (Fsp3) is 0.556. The fourth-order valence-electron chi connectivity index (χ4n) is 1.05. The van der Waals surface area contributed by atoms with Crippen LogP contribution in [0.5, 0.6) is 0 Å². The summed E-state index contributed by atoms with van der Waals surface area (Å²) < 4.78 is 5.76. The minimum absolute atomic E-state index is 0.168. The Morgan fingerprint density at radius 1 is 1.65 bits per heavy atom. The largest absolute Gasteiger partial charge is 0.450 e. The topological polar surface area (TPSA) is 106 Å². The molecule has 0 aliphatic carbocycles. The van der Waals surface area contributed by atoms with Crippen molar-refractivity contribution < 1.29 is 19.4 Å². The molecule has 0 spiro atoms. The van der Waals surface area contributed by atoms with Gasteiger partial charge in [-0.15, -0.1) is 5.10 Å². The molecule has 8 heteroatoms. The van der Waals surface area contributed by atoms with E-state index in [-0.39, 0.29) is 13.2 Å². The number of hydrogen-bond donors (Lipinski definition) is 2. The number of hydrogen-bond acceptors (Lipinski definition) is 6. The molecule has 1 heterocycles. The molecule has 0 saturated heterocycles. The number of carbonyl (C=O) groups excluding carboxylic acids is 2. The first-order valence-corrected chi connectivity index (χ1v) is 5.07. The molecule has 8 nitrogen and oxygen atoms in total. The minimum atomic E-state index is -0.798. The van der Waals surface area contributed by atoms with Gasteiger partial charge in [0, 0.05) is 0 Å². The highest BCUT2D eigenvalue weighted by Crippen LogP contribution is 2.05. The molecule has 0 aliphatic heterocycles. The lowest BCUT2D eigenvalue weighted by atomic mass is 10.3. The van der Waals surface area contributed by atoms with Crippen LogP contribution in [0.2, 0.25) is 0 Å². The second kappa shape index (κ2) is 5.94. The second-order valence-electron chi connectivity index (χ2n) is 3.29. The maximum absolute atomic E-state index is 11.3. The van der Waals surface area contributed by atoms with Crippen LogP contribution >= 0.6 is 0 Å². The zero-order valence-corrected chi connectivity index (χ0v) is 9.58. The minimum Gasteiger partial charge on any atom is -0.450 e. The zero-order valence-electron chi connectivity index (χ0n) is 9.58. The standard InChI is InChI=1S/C9H14N4O4/c1-3-17-9(16)10-8(15)5-13-4-7(6(2)14)11-12-13/h4,6,14H,3,5H2,1-2H3,(H,10,15,16).